The van der Waals surface area contributed by atoms with Gasteiger partial charge in [0.05, 0.1) is 7.11 Å². The van der Waals surface area contributed by atoms with Gasteiger partial charge in [-0.15, -0.1) is 11.3 Å². The van der Waals surface area contributed by atoms with Gasteiger partial charge in [0.25, 0.3) is 0 Å². The number of nitrogens with one attached hydrogen (secondary N) is 2. The zero-order chi connectivity index (χ0) is 18.1. The lowest BCUT2D eigenvalue weighted by Gasteiger charge is -2.22. The van der Waals surface area contributed by atoms with Crippen molar-refractivity contribution in [3.63, 3.8) is 0 Å². The molecule has 0 saturated heterocycles. The van der Waals surface area contributed by atoms with Crippen LogP contribution in [-0.2, 0) is 17.7 Å². The lowest BCUT2D eigenvalue weighted by atomic mass is 10.2. The van der Waals surface area contributed by atoms with Crippen LogP contribution < -0.4 is 10.6 Å². The molecule has 7 heteroatoms. The lowest BCUT2D eigenvalue weighted by Crippen LogP contribution is -2.39. The van der Waals surface area contributed by atoms with Gasteiger partial charge in [0.1, 0.15) is 0 Å². The minimum Gasteiger partial charge on any atom is -0.453 e. The van der Waals surface area contributed by atoms with Crippen LogP contribution in [0.5, 0.6) is 0 Å². The van der Waals surface area contributed by atoms with E-state index in [4.69, 9.17) is 0 Å². The molecule has 0 fully saturated rings. The Kier molecular flexibility index (Phi) is 7.28. The average molecular weight is 360 g/mol. The molecule has 0 atom stereocenters. The van der Waals surface area contributed by atoms with E-state index in [2.05, 4.69) is 42.8 Å². The number of anilines is 1. The van der Waals surface area contributed by atoms with Crippen molar-refractivity contribution in [3.8, 4) is 0 Å². The van der Waals surface area contributed by atoms with E-state index in [0.29, 0.717) is 12.2 Å². The molecule has 0 aliphatic rings. The molecule has 6 nitrogen and oxygen atoms in total. The molecule has 0 saturated carbocycles. The average Bonchev–Trinajstić information content (AvgIpc) is 3.15. The van der Waals surface area contributed by atoms with Gasteiger partial charge in [-0.3, -0.25) is 10.3 Å². The molecule has 2 rings (SSSR count). The van der Waals surface area contributed by atoms with Crippen molar-refractivity contribution in [2.24, 2.45) is 4.99 Å². The van der Waals surface area contributed by atoms with Crippen molar-refractivity contribution in [1.82, 2.24) is 10.2 Å². The topological polar surface area (TPSA) is 66.0 Å². The highest BCUT2D eigenvalue weighted by atomic mass is 32.1. The first kappa shape index (κ1) is 18.8. The first-order valence-corrected chi connectivity index (χ1v) is 8.88. The van der Waals surface area contributed by atoms with Crippen LogP contribution in [0.2, 0.25) is 0 Å². The van der Waals surface area contributed by atoms with E-state index < -0.39 is 6.09 Å². The molecule has 0 aliphatic carbocycles. The number of carbonyl (C=O) groups is 1. The van der Waals surface area contributed by atoms with Crippen LogP contribution in [0.3, 0.4) is 0 Å². The standard InChI is InChI=1S/C18H24N4O2S/c1-19-17(22(2)11-10-16-5-4-12-25-16)20-13-14-6-8-15(9-7-14)21-18(23)24-3/h4-9,12H,10-11,13H2,1-3H3,(H,19,20)(H,21,23). The van der Waals surface area contributed by atoms with Crippen molar-refractivity contribution < 1.29 is 9.53 Å². The van der Waals surface area contributed by atoms with Crippen LogP contribution in [0, 0.1) is 0 Å². The Morgan fingerprint density at radius 3 is 2.64 bits per heavy atom. The van der Waals surface area contributed by atoms with Crippen molar-refractivity contribution in [3.05, 3.63) is 52.2 Å². The van der Waals surface area contributed by atoms with E-state index >= 15 is 0 Å². The van der Waals surface area contributed by atoms with E-state index in [1.165, 1.54) is 12.0 Å². The number of likely N-dealkylation sites (N-methyl/N-ethyl adjacent to an activating group) is 1. The number of methoxy groups -OCH3 is 1. The molecular formula is C18H24N4O2S. The number of hydrogen-bond acceptors (Lipinski definition) is 4. The fraction of sp³-hybridized carbons (Fsp3) is 0.333. The number of thiophene rings is 1. The summed E-state index contributed by atoms with van der Waals surface area (Å²) in [7, 11) is 5.16. The number of aliphatic imine (C=N–C) groups is 1. The van der Waals surface area contributed by atoms with Crippen molar-refractivity contribution in [2.45, 2.75) is 13.0 Å². The molecule has 2 N–H and O–H groups in total. The summed E-state index contributed by atoms with van der Waals surface area (Å²) in [6.07, 6.45) is 0.529. The smallest absolute Gasteiger partial charge is 0.411 e. The third-order valence-corrected chi connectivity index (χ3v) is 4.62. The zero-order valence-electron chi connectivity index (χ0n) is 14.8. The predicted molar refractivity (Wildman–Crippen MR) is 103 cm³/mol. The Labute approximate surface area is 152 Å². The number of hydrogen-bond donors (Lipinski definition) is 2. The first-order chi connectivity index (χ1) is 12.1. The van der Waals surface area contributed by atoms with E-state index in [9.17, 15) is 4.79 Å². The Morgan fingerprint density at radius 1 is 1.28 bits per heavy atom. The molecule has 0 aliphatic heterocycles. The summed E-state index contributed by atoms with van der Waals surface area (Å²) in [6, 6.07) is 11.8. The second kappa shape index (κ2) is 9.68. The fourth-order valence-corrected chi connectivity index (χ4v) is 2.98. The van der Waals surface area contributed by atoms with Gasteiger partial charge < -0.3 is 15.0 Å². The first-order valence-electron chi connectivity index (χ1n) is 8.00. The SMILES string of the molecule is CN=C(NCc1ccc(NC(=O)OC)cc1)N(C)CCc1cccs1. The molecule has 1 aromatic heterocycles. The second-order valence-electron chi connectivity index (χ2n) is 5.47. The van der Waals surface area contributed by atoms with E-state index in [0.717, 1.165) is 24.5 Å². The van der Waals surface area contributed by atoms with Crippen LogP contribution in [0.25, 0.3) is 0 Å². The maximum Gasteiger partial charge on any atom is 0.411 e. The number of guanidine groups is 1. The summed E-state index contributed by atoms with van der Waals surface area (Å²) in [4.78, 5) is 19.0. The van der Waals surface area contributed by atoms with Crippen molar-refractivity contribution >= 4 is 29.1 Å². The Bertz CT molecular complexity index is 684. The molecule has 25 heavy (non-hydrogen) atoms. The Morgan fingerprint density at radius 2 is 2.04 bits per heavy atom. The molecule has 0 spiro atoms. The molecule has 0 unspecified atom stereocenters. The Hall–Kier alpha value is -2.54. The predicted octanol–water partition coefficient (Wildman–Crippen LogP) is 3.18. The highest BCUT2D eigenvalue weighted by molar-refractivity contribution is 7.09. The number of carbonyl (C=O) groups excluding carboxylic acids is 1. The van der Waals surface area contributed by atoms with Gasteiger partial charge in [-0.25, -0.2) is 4.79 Å². The third kappa shape index (κ3) is 6.11. The monoisotopic (exact) mass is 360 g/mol. The molecule has 134 valence electrons. The van der Waals surface area contributed by atoms with Crippen LogP contribution in [0.1, 0.15) is 10.4 Å². The number of amides is 1. The summed E-state index contributed by atoms with van der Waals surface area (Å²) in [5.74, 6) is 0.855. The summed E-state index contributed by atoms with van der Waals surface area (Å²) in [5, 5.41) is 8.08. The maximum absolute atomic E-state index is 11.2. The molecule has 0 bridgehead atoms. The highest BCUT2D eigenvalue weighted by Crippen LogP contribution is 2.11. The van der Waals surface area contributed by atoms with E-state index in [1.54, 1.807) is 18.4 Å². The number of nitrogens with zero attached hydrogens (tertiary/aromatic N) is 2. The van der Waals surface area contributed by atoms with Gasteiger partial charge in [-0.2, -0.15) is 0 Å². The Balaban J connectivity index is 1.82. The second-order valence-corrected chi connectivity index (χ2v) is 6.50. The largest absolute Gasteiger partial charge is 0.453 e. The van der Waals surface area contributed by atoms with Gasteiger partial charge >= 0.3 is 6.09 Å². The minimum absolute atomic E-state index is 0.473. The summed E-state index contributed by atoms with van der Waals surface area (Å²) < 4.78 is 4.57. The summed E-state index contributed by atoms with van der Waals surface area (Å²) >= 11 is 1.78. The van der Waals surface area contributed by atoms with Crippen molar-refractivity contribution in [2.75, 3.05) is 33.1 Å². The molecule has 0 radical (unpaired) electrons. The zero-order valence-corrected chi connectivity index (χ0v) is 15.6. The number of ether oxygens (including phenoxy) is 1. The van der Waals surface area contributed by atoms with Crippen LogP contribution >= 0.6 is 11.3 Å². The minimum atomic E-state index is -0.473. The summed E-state index contributed by atoms with van der Waals surface area (Å²) in [5.41, 5.74) is 1.80. The van der Waals surface area contributed by atoms with Gasteiger partial charge in [-0.05, 0) is 35.6 Å². The third-order valence-electron chi connectivity index (χ3n) is 3.68. The number of benzene rings is 1. The fourth-order valence-electron chi connectivity index (χ4n) is 2.28. The lowest BCUT2D eigenvalue weighted by molar-refractivity contribution is 0.187. The van der Waals surface area contributed by atoms with Gasteiger partial charge in [-0.1, -0.05) is 18.2 Å². The molecule has 2 aromatic rings. The van der Waals surface area contributed by atoms with Crippen LogP contribution in [-0.4, -0.2) is 44.7 Å². The van der Waals surface area contributed by atoms with Gasteiger partial charge in [0.2, 0.25) is 0 Å². The van der Waals surface area contributed by atoms with E-state index in [1.807, 2.05) is 31.3 Å². The molecular weight excluding hydrogens is 336 g/mol. The van der Waals surface area contributed by atoms with Gasteiger partial charge in [0, 0.05) is 37.7 Å². The number of rotatable bonds is 6. The highest BCUT2D eigenvalue weighted by Gasteiger charge is 2.07. The molecule has 1 amide bonds. The van der Waals surface area contributed by atoms with Crippen molar-refractivity contribution in [1.29, 1.82) is 0 Å². The quantitative estimate of drug-likeness (QED) is 0.613. The van der Waals surface area contributed by atoms with E-state index in [-0.39, 0.29) is 0 Å². The van der Waals surface area contributed by atoms with Crippen LogP contribution in [0.15, 0.2) is 46.8 Å². The summed E-state index contributed by atoms with van der Waals surface area (Å²) in [6.45, 7) is 1.57. The maximum atomic E-state index is 11.2. The normalized spacial score (nSPS) is 11.1. The molecule has 1 heterocycles. The van der Waals surface area contributed by atoms with Gasteiger partial charge in [0.15, 0.2) is 5.96 Å². The van der Waals surface area contributed by atoms with Crippen LogP contribution in [0.4, 0.5) is 10.5 Å². The molecule has 1 aromatic carbocycles.